The minimum atomic E-state index is -4.20. The van der Waals surface area contributed by atoms with Crippen molar-refractivity contribution in [1.29, 1.82) is 0 Å². The van der Waals surface area contributed by atoms with Gasteiger partial charge in [0.1, 0.15) is 18.2 Å². The summed E-state index contributed by atoms with van der Waals surface area (Å²) in [6.07, 6.45) is -1.34. The number of alkyl halides is 3. The number of nitrogens with two attached hydrogens (primary N) is 2. The van der Waals surface area contributed by atoms with Crippen LogP contribution in [0, 0.1) is 0 Å². The summed E-state index contributed by atoms with van der Waals surface area (Å²) in [5, 5.41) is 0. The lowest BCUT2D eigenvalue weighted by molar-refractivity contribution is -0.136. The predicted octanol–water partition coefficient (Wildman–Crippen LogP) is 2.82. The molecule has 1 unspecified atom stereocenters. The fourth-order valence-corrected chi connectivity index (χ4v) is 2.98. The van der Waals surface area contributed by atoms with E-state index in [1.807, 2.05) is 36.4 Å². The van der Waals surface area contributed by atoms with Gasteiger partial charge in [0.15, 0.2) is 0 Å². The lowest BCUT2D eigenvalue weighted by Gasteiger charge is -2.30. The van der Waals surface area contributed by atoms with Crippen LogP contribution in [0.15, 0.2) is 41.0 Å². The molecule has 1 atom stereocenters. The van der Waals surface area contributed by atoms with Gasteiger partial charge in [-0.1, -0.05) is 6.08 Å². The van der Waals surface area contributed by atoms with Crippen molar-refractivity contribution < 1.29 is 17.9 Å². The number of hydrogen-bond donors (Lipinski definition) is 2. The summed E-state index contributed by atoms with van der Waals surface area (Å²) < 4.78 is 42.3. The van der Waals surface area contributed by atoms with Gasteiger partial charge in [-0.2, -0.15) is 13.2 Å². The van der Waals surface area contributed by atoms with Crippen LogP contribution < -0.4 is 21.1 Å². The van der Waals surface area contributed by atoms with Gasteiger partial charge in [0.25, 0.3) is 0 Å². The molecule has 4 N–H and O–H groups in total. The Hall–Kier alpha value is -2.48. The van der Waals surface area contributed by atoms with Crippen LogP contribution in [0.2, 0.25) is 0 Å². The minimum absolute atomic E-state index is 0.0297. The molecule has 26 heavy (non-hydrogen) atoms. The maximum atomic E-state index is 12.2. The molecule has 0 aromatic heterocycles. The molecule has 0 saturated heterocycles. The zero-order valence-corrected chi connectivity index (χ0v) is 14.4. The first kappa shape index (κ1) is 18.3. The van der Waals surface area contributed by atoms with E-state index in [1.54, 1.807) is 6.07 Å². The number of hydrogen-bond acceptors (Lipinski definition) is 5. The molecule has 5 nitrogen and oxygen atoms in total. The molecule has 1 aromatic carbocycles. The molecule has 2 aliphatic rings. The van der Waals surface area contributed by atoms with E-state index in [1.165, 1.54) is 0 Å². The largest absolute Gasteiger partial charge is 0.492 e. The molecule has 1 aromatic rings. The normalized spacial score (nSPS) is 17.6. The number of amidine groups is 1. The number of dihydropyridines is 1. The standard InChI is InChI=1S/C18H21F3N4O/c1-25-9-15-13(5-7-24-17(15)23)14-3-2-12(8-16(14)25)26-10-11(22)4-6-18(19,20)21/h2-3,5,8-9,11H,4,6-7,10,22H2,1H3,(H2,23,24). The second-order valence-electron chi connectivity index (χ2n) is 6.40. The Labute approximate surface area is 149 Å². The Balaban J connectivity index is 1.70. The lowest BCUT2D eigenvalue weighted by Crippen LogP contribution is -2.29. The number of halogens is 3. The number of nitrogens with zero attached hydrogens (tertiary/aromatic N) is 2. The van der Waals surface area contributed by atoms with Gasteiger partial charge < -0.3 is 21.1 Å². The second-order valence-corrected chi connectivity index (χ2v) is 6.40. The maximum absolute atomic E-state index is 12.2. The van der Waals surface area contributed by atoms with E-state index in [0.717, 1.165) is 22.4 Å². The van der Waals surface area contributed by atoms with Crippen molar-refractivity contribution >= 4 is 17.1 Å². The van der Waals surface area contributed by atoms with Crippen molar-refractivity contribution in [3.8, 4) is 5.75 Å². The number of ether oxygens (including phenoxy) is 1. The highest BCUT2D eigenvalue weighted by Gasteiger charge is 2.28. The zero-order chi connectivity index (χ0) is 18.9. The molecule has 0 spiro atoms. The molecule has 8 heteroatoms. The molecule has 0 fully saturated rings. The van der Waals surface area contributed by atoms with E-state index in [9.17, 15) is 13.2 Å². The van der Waals surface area contributed by atoms with E-state index >= 15 is 0 Å². The van der Waals surface area contributed by atoms with Crippen molar-refractivity contribution in [2.45, 2.75) is 25.1 Å². The van der Waals surface area contributed by atoms with Crippen LogP contribution in [-0.4, -0.2) is 38.3 Å². The highest BCUT2D eigenvalue weighted by atomic mass is 19.4. The summed E-state index contributed by atoms with van der Waals surface area (Å²) in [4.78, 5) is 6.15. The average Bonchev–Trinajstić information content (AvgIpc) is 2.59. The molecule has 3 rings (SSSR count). The van der Waals surface area contributed by atoms with Crippen molar-refractivity contribution in [2.75, 3.05) is 25.1 Å². The Morgan fingerprint density at radius 3 is 2.81 bits per heavy atom. The molecule has 2 aliphatic heterocycles. The number of aliphatic imine (C=N–C) groups is 1. The van der Waals surface area contributed by atoms with E-state index in [2.05, 4.69) is 4.99 Å². The van der Waals surface area contributed by atoms with E-state index in [0.29, 0.717) is 18.1 Å². The number of rotatable bonds is 5. The third-order valence-electron chi connectivity index (χ3n) is 4.35. The fourth-order valence-electron chi connectivity index (χ4n) is 2.98. The van der Waals surface area contributed by atoms with Gasteiger partial charge in [0.2, 0.25) is 0 Å². The van der Waals surface area contributed by atoms with Crippen molar-refractivity contribution in [3.63, 3.8) is 0 Å². The van der Waals surface area contributed by atoms with Crippen LogP contribution in [-0.2, 0) is 0 Å². The van der Waals surface area contributed by atoms with Gasteiger partial charge in [0, 0.05) is 42.9 Å². The van der Waals surface area contributed by atoms with Gasteiger partial charge in [-0.3, -0.25) is 4.99 Å². The first-order chi connectivity index (χ1) is 12.2. The molecule has 0 saturated carbocycles. The quantitative estimate of drug-likeness (QED) is 0.840. The van der Waals surface area contributed by atoms with Crippen LogP contribution in [0.1, 0.15) is 18.4 Å². The SMILES string of the molecule is CN1C=C2C(=CCN=C2N)c2ccc(OCC(N)CCC(F)(F)F)cc21. The van der Waals surface area contributed by atoms with Crippen molar-refractivity contribution in [2.24, 2.45) is 16.5 Å². The molecule has 0 bridgehead atoms. The fraction of sp³-hybridized carbons (Fsp3) is 0.389. The third kappa shape index (κ3) is 4.01. The summed E-state index contributed by atoms with van der Waals surface area (Å²) in [5.74, 6) is 1.07. The van der Waals surface area contributed by atoms with Crippen LogP contribution in [0.4, 0.5) is 18.9 Å². The Morgan fingerprint density at radius 1 is 1.31 bits per heavy atom. The first-order valence-electron chi connectivity index (χ1n) is 8.29. The number of benzene rings is 1. The number of fused-ring (bicyclic) bond motifs is 3. The topological polar surface area (TPSA) is 76.9 Å². The van der Waals surface area contributed by atoms with Gasteiger partial charge in [-0.05, 0) is 24.1 Å². The van der Waals surface area contributed by atoms with E-state index in [4.69, 9.17) is 16.2 Å². The summed E-state index contributed by atoms with van der Waals surface area (Å²) in [6.45, 7) is 0.565. The second kappa shape index (κ2) is 7.03. The minimum Gasteiger partial charge on any atom is -0.492 e. The highest BCUT2D eigenvalue weighted by Crippen LogP contribution is 2.39. The molecule has 140 valence electrons. The molecular weight excluding hydrogens is 345 g/mol. The zero-order valence-electron chi connectivity index (χ0n) is 14.4. The molecule has 2 heterocycles. The predicted molar refractivity (Wildman–Crippen MR) is 96.2 cm³/mol. The van der Waals surface area contributed by atoms with Crippen LogP contribution in [0.5, 0.6) is 5.75 Å². The first-order valence-corrected chi connectivity index (χ1v) is 8.29. The summed E-state index contributed by atoms with van der Waals surface area (Å²) in [6, 6.07) is 4.88. The van der Waals surface area contributed by atoms with Crippen LogP contribution >= 0.6 is 0 Å². The van der Waals surface area contributed by atoms with Gasteiger partial charge in [-0.25, -0.2) is 0 Å². The summed E-state index contributed by atoms with van der Waals surface area (Å²) >= 11 is 0. The smallest absolute Gasteiger partial charge is 0.389 e. The number of anilines is 1. The lowest BCUT2D eigenvalue weighted by atomic mass is 9.91. The summed E-state index contributed by atoms with van der Waals surface area (Å²) in [5.41, 5.74) is 15.5. The molecule has 0 radical (unpaired) electrons. The monoisotopic (exact) mass is 366 g/mol. The van der Waals surface area contributed by atoms with Gasteiger partial charge in [-0.15, -0.1) is 0 Å². The van der Waals surface area contributed by atoms with Crippen LogP contribution in [0.3, 0.4) is 0 Å². The Bertz CT molecular complexity index is 783. The third-order valence-corrected chi connectivity index (χ3v) is 4.35. The van der Waals surface area contributed by atoms with Crippen molar-refractivity contribution in [3.05, 3.63) is 41.6 Å². The maximum Gasteiger partial charge on any atom is 0.389 e. The Kier molecular flexibility index (Phi) is 4.95. The van der Waals surface area contributed by atoms with Crippen LogP contribution in [0.25, 0.3) is 5.57 Å². The summed E-state index contributed by atoms with van der Waals surface area (Å²) in [7, 11) is 1.89. The molecule has 0 aliphatic carbocycles. The van der Waals surface area contributed by atoms with Gasteiger partial charge in [0.05, 0.1) is 12.2 Å². The van der Waals surface area contributed by atoms with E-state index < -0.39 is 18.6 Å². The highest BCUT2D eigenvalue weighted by molar-refractivity contribution is 6.15. The van der Waals surface area contributed by atoms with Crippen molar-refractivity contribution in [1.82, 2.24) is 0 Å². The average molecular weight is 366 g/mol. The molecular formula is C18H21F3N4O. The Morgan fingerprint density at radius 2 is 2.08 bits per heavy atom. The molecule has 0 amide bonds. The van der Waals surface area contributed by atoms with Gasteiger partial charge >= 0.3 is 6.18 Å². The van der Waals surface area contributed by atoms with E-state index in [-0.39, 0.29) is 13.0 Å².